The fraction of sp³-hybridized carbons (Fsp3) is 0.556. The summed E-state index contributed by atoms with van der Waals surface area (Å²) >= 11 is 0. The van der Waals surface area contributed by atoms with Gasteiger partial charge in [-0.2, -0.15) is 5.10 Å². The molecule has 5 heteroatoms. The van der Waals surface area contributed by atoms with Crippen LogP contribution in [0.25, 0.3) is 0 Å². The Labute approximate surface area is 83.3 Å². The van der Waals surface area contributed by atoms with Crippen LogP contribution < -0.4 is 11.1 Å². The molecule has 3 N–H and O–H groups in total. The van der Waals surface area contributed by atoms with Gasteiger partial charge >= 0.3 is 0 Å². The molecule has 1 atom stereocenters. The van der Waals surface area contributed by atoms with Crippen LogP contribution in [0.15, 0.2) is 12.4 Å². The Morgan fingerprint density at radius 2 is 2.50 bits per heavy atom. The summed E-state index contributed by atoms with van der Waals surface area (Å²) < 4.78 is 1.74. The Morgan fingerprint density at radius 3 is 3.00 bits per heavy atom. The zero-order valence-corrected chi connectivity index (χ0v) is 8.53. The van der Waals surface area contributed by atoms with E-state index >= 15 is 0 Å². The van der Waals surface area contributed by atoms with Crippen molar-refractivity contribution in [1.82, 2.24) is 15.1 Å². The number of amides is 1. The average Bonchev–Trinajstić information content (AvgIpc) is 2.51. The number of hydrogen-bond donors (Lipinski definition) is 2. The second-order valence-corrected chi connectivity index (χ2v) is 3.35. The Morgan fingerprint density at radius 1 is 1.79 bits per heavy atom. The minimum atomic E-state index is -0.441. The maximum atomic E-state index is 11.1. The monoisotopic (exact) mass is 196 g/mol. The van der Waals surface area contributed by atoms with Crippen molar-refractivity contribution in [3.8, 4) is 0 Å². The topological polar surface area (TPSA) is 72.9 Å². The van der Waals surface area contributed by atoms with Crippen molar-refractivity contribution in [2.24, 2.45) is 12.8 Å². The maximum absolute atomic E-state index is 11.1. The van der Waals surface area contributed by atoms with Gasteiger partial charge in [0.2, 0.25) is 5.91 Å². The molecule has 0 radical (unpaired) electrons. The van der Waals surface area contributed by atoms with Crippen molar-refractivity contribution in [2.45, 2.75) is 19.4 Å². The molecule has 14 heavy (non-hydrogen) atoms. The van der Waals surface area contributed by atoms with Gasteiger partial charge in [0.15, 0.2) is 0 Å². The summed E-state index contributed by atoms with van der Waals surface area (Å²) in [6.07, 6.45) is 4.50. The lowest BCUT2D eigenvalue weighted by Gasteiger charge is -2.06. The van der Waals surface area contributed by atoms with Crippen molar-refractivity contribution in [3.05, 3.63) is 18.0 Å². The molecular formula is C9H16N4O. The van der Waals surface area contributed by atoms with E-state index in [1.54, 1.807) is 17.8 Å². The SMILES string of the molecule is C[C@H](N)C(=O)NCCc1cnn(C)c1. The molecule has 0 fully saturated rings. The first-order chi connectivity index (χ1) is 6.59. The van der Waals surface area contributed by atoms with Crippen LogP contribution in [-0.2, 0) is 18.3 Å². The van der Waals surface area contributed by atoms with E-state index in [0.29, 0.717) is 6.54 Å². The molecule has 78 valence electrons. The predicted octanol–water partition coefficient (Wildman–Crippen LogP) is -0.574. The summed E-state index contributed by atoms with van der Waals surface area (Å²) in [4.78, 5) is 11.1. The molecule has 0 unspecified atom stereocenters. The molecule has 0 aliphatic carbocycles. The highest BCUT2D eigenvalue weighted by Crippen LogP contribution is 1.95. The number of carbonyl (C=O) groups excluding carboxylic acids is 1. The Kier molecular flexibility index (Phi) is 3.64. The van der Waals surface area contributed by atoms with Crippen molar-refractivity contribution >= 4 is 5.91 Å². The fourth-order valence-electron chi connectivity index (χ4n) is 1.09. The zero-order valence-electron chi connectivity index (χ0n) is 8.53. The van der Waals surface area contributed by atoms with Crippen LogP contribution in [0.3, 0.4) is 0 Å². The number of hydrogen-bond acceptors (Lipinski definition) is 3. The summed E-state index contributed by atoms with van der Waals surface area (Å²) in [7, 11) is 1.87. The van der Waals surface area contributed by atoms with Gasteiger partial charge in [-0.3, -0.25) is 9.48 Å². The summed E-state index contributed by atoms with van der Waals surface area (Å²) in [5, 5.41) is 6.77. The molecule has 0 aliphatic rings. The van der Waals surface area contributed by atoms with Gasteiger partial charge in [0, 0.05) is 19.8 Å². The van der Waals surface area contributed by atoms with Crippen LogP contribution in [0, 0.1) is 0 Å². The van der Waals surface area contributed by atoms with E-state index in [1.165, 1.54) is 0 Å². The van der Waals surface area contributed by atoms with Crippen molar-refractivity contribution in [1.29, 1.82) is 0 Å². The largest absolute Gasteiger partial charge is 0.354 e. The van der Waals surface area contributed by atoms with Crippen molar-refractivity contribution in [3.63, 3.8) is 0 Å². The maximum Gasteiger partial charge on any atom is 0.236 e. The summed E-state index contributed by atoms with van der Waals surface area (Å²) in [6.45, 7) is 2.27. The van der Waals surface area contributed by atoms with Gasteiger partial charge in [-0.25, -0.2) is 0 Å². The third-order valence-corrected chi connectivity index (χ3v) is 1.88. The van der Waals surface area contributed by atoms with Crippen LogP contribution in [-0.4, -0.2) is 28.3 Å². The molecule has 1 amide bonds. The van der Waals surface area contributed by atoms with Crippen LogP contribution >= 0.6 is 0 Å². The molecule has 1 aromatic heterocycles. The van der Waals surface area contributed by atoms with Crippen molar-refractivity contribution in [2.75, 3.05) is 6.54 Å². The van der Waals surface area contributed by atoms with Crippen LogP contribution in [0.5, 0.6) is 0 Å². The highest BCUT2D eigenvalue weighted by Gasteiger charge is 2.05. The number of nitrogens with two attached hydrogens (primary N) is 1. The van der Waals surface area contributed by atoms with E-state index in [0.717, 1.165) is 12.0 Å². The molecule has 0 aromatic carbocycles. The molecular weight excluding hydrogens is 180 g/mol. The molecule has 0 saturated carbocycles. The first-order valence-corrected chi connectivity index (χ1v) is 4.60. The standard InChI is InChI=1S/C9H16N4O/c1-7(10)9(14)11-4-3-8-5-12-13(2)6-8/h5-7H,3-4,10H2,1-2H3,(H,11,14)/t7-/m0/s1. The van der Waals surface area contributed by atoms with Gasteiger partial charge in [-0.15, -0.1) is 0 Å². The second-order valence-electron chi connectivity index (χ2n) is 3.35. The molecule has 0 saturated heterocycles. The van der Waals surface area contributed by atoms with Gasteiger partial charge in [0.25, 0.3) is 0 Å². The van der Waals surface area contributed by atoms with Gasteiger partial charge in [0.1, 0.15) is 0 Å². The Bertz CT molecular complexity index is 306. The Hall–Kier alpha value is -1.36. The quantitative estimate of drug-likeness (QED) is 0.677. The number of nitrogens with one attached hydrogen (secondary N) is 1. The smallest absolute Gasteiger partial charge is 0.236 e. The number of nitrogens with zero attached hydrogens (tertiary/aromatic N) is 2. The molecule has 1 heterocycles. The lowest BCUT2D eigenvalue weighted by Crippen LogP contribution is -2.39. The molecule has 1 aromatic rings. The number of aromatic nitrogens is 2. The molecule has 0 aliphatic heterocycles. The van der Waals surface area contributed by atoms with Crippen LogP contribution in [0.4, 0.5) is 0 Å². The second kappa shape index (κ2) is 4.76. The lowest BCUT2D eigenvalue weighted by molar-refractivity contribution is -0.121. The number of rotatable bonds is 4. The molecule has 1 rings (SSSR count). The number of carbonyl (C=O) groups is 1. The third kappa shape index (κ3) is 3.18. The van der Waals surface area contributed by atoms with Gasteiger partial charge < -0.3 is 11.1 Å². The average molecular weight is 196 g/mol. The first-order valence-electron chi connectivity index (χ1n) is 4.60. The minimum Gasteiger partial charge on any atom is -0.354 e. The predicted molar refractivity (Wildman–Crippen MR) is 53.6 cm³/mol. The van der Waals surface area contributed by atoms with E-state index in [9.17, 15) is 4.79 Å². The number of aryl methyl sites for hydroxylation is 1. The summed E-state index contributed by atoms with van der Waals surface area (Å²) in [6, 6.07) is -0.441. The van der Waals surface area contributed by atoms with E-state index in [4.69, 9.17) is 5.73 Å². The summed E-state index contributed by atoms with van der Waals surface area (Å²) in [5.74, 6) is -0.117. The van der Waals surface area contributed by atoms with Crippen LogP contribution in [0.2, 0.25) is 0 Å². The highest BCUT2D eigenvalue weighted by atomic mass is 16.2. The van der Waals surface area contributed by atoms with Crippen molar-refractivity contribution < 1.29 is 4.79 Å². The lowest BCUT2D eigenvalue weighted by atomic mass is 10.2. The fourth-order valence-corrected chi connectivity index (χ4v) is 1.09. The van der Waals surface area contributed by atoms with Crippen LogP contribution in [0.1, 0.15) is 12.5 Å². The van der Waals surface area contributed by atoms with Gasteiger partial charge in [0.05, 0.1) is 12.2 Å². The first kappa shape index (κ1) is 10.7. The van der Waals surface area contributed by atoms with E-state index < -0.39 is 6.04 Å². The molecule has 0 bridgehead atoms. The zero-order chi connectivity index (χ0) is 10.6. The normalized spacial score (nSPS) is 12.5. The van der Waals surface area contributed by atoms with Gasteiger partial charge in [-0.05, 0) is 18.9 Å². The van der Waals surface area contributed by atoms with E-state index in [1.807, 2.05) is 13.2 Å². The van der Waals surface area contributed by atoms with E-state index in [-0.39, 0.29) is 5.91 Å². The third-order valence-electron chi connectivity index (χ3n) is 1.88. The van der Waals surface area contributed by atoms with Gasteiger partial charge in [-0.1, -0.05) is 0 Å². The minimum absolute atomic E-state index is 0.117. The molecule has 5 nitrogen and oxygen atoms in total. The Balaban J connectivity index is 2.25. The van der Waals surface area contributed by atoms with E-state index in [2.05, 4.69) is 10.4 Å². The highest BCUT2D eigenvalue weighted by molar-refractivity contribution is 5.80. The summed E-state index contributed by atoms with van der Waals surface area (Å²) in [5.41, 5.74) is 6.50. The molecule has 0 spiro atoms.